The number of thiophene rings is 1. The summed E-state index contributed by atoms with van der Waals surface area (Å²) in [6, 6.07) is 20.0. The van der Waals surface area contributed by atoms with Crippen molar-refractivity contribution in [3.8, 4) is 5.75 Å². The lowest BCUT2D eigenvalue weighted by Crippen LogP contribution is -2.37. The number of carbonyl (C=O) groups is 2. The van der Waals surface area contributed by atoms with Crippen LogP contribution in [0.1, 0.15) is 39.7 Å². The normalized spacial score (nSPS) is 20.2. The zero-order valence-corrected chi connectivity index (χ0v) is 19.4. The van der Waals surface area contributed by atoms with Gasteiger partial charge in [0.05, 0.1) is 22.6 Å². The van der Waals surface area contributed by atoms with Crippen molar-refractivity contribution in [3.63, 3.8) is 0 Å². The fourth-order valence-corrected chi connectivity index (χ4v) is 5.13. The molecule has 2 atom stereocenters. The smallest absolute Gasteiger partial charge is 0.290 e. The average molecular weight is 476 g/mol. The van der Waals surface area contributed by atoms with Crippen LogP contribution in [0.3, 0.4) is 0 Å². The maximum Gasteiger partial charge on any atom is 0.290 e. The van der Waals surface area contributed by atoms with Gasteiger partial charge in [-0.1, -0.05) is 48.5 Å². The Bertz CT molecular complexity index is 1180. The van der Waals surface area contributed by atoms with Crippen LogP contribution in [0, 0.1) is 0 Å². The first-order chi connectivity index (χ1) is 16.6. The maximum absolute atomic E-state index is 13.3. The molecule has 1 saturated heterocycles. The third-order valence-corrected chi connectivity index (χ3v) is 7.03. The number of carbonyl (C=O) groups excluding carboxylic acids is 2. The second-order valence-corrected chi connectivity index (χ2v) is 9.35. The number of benzene rings is 2. The zero-order chi connectivity index (χ0) is 23.5. The number of aliphatic hydroxyl groups excluding tert-OH is 1. The van der Waals surface area contributed by atoms with E-state index >= 15 is 0 Å². The van der Waals surface area contributed by atoms with Crippen molar-refractivity contribution in [2.75, 3.05) is 13.2 Å². The van der Waals surface area contributed by atoms with E-state index in [2.05, 4.69) is 0 Å². The molecule has 1 fully saturated rings. The molecule has 7 heteroatoms. The minimum absolute atomic E-state index is 0.107. The van der Waals surface area contributed by atoms with Crippen molar-refractivity contribution in [1.82, 2.24) is 4.90 Å². The standard InChI is InChI=1S/C27H25NO5S/c29-25(22-9-5-15-34-22)23-24(28(27(31)26(23)30)16-21-8-4-14-32-21)19-10-12-20(13-11-19)33-17-18-6-2-1-3-7-18/h1-3,5-7,9-13,15,21,24,30H,4,8,14,16-17H2. The molecule has 2 unspecified atom stereocenters. The van der Waals surface area contributed by atoms with Crippen LogP contribution >= 0.6 is 11.3 Å². The van der Waals surface area contributed by atoms with Crippen molar-refractivity contribution < 1.29 is 24.2 Å². The summed E-state index contributed by atoms with van der Waals surface area (Å²) in [7, 11) is 0. The van der Waals surface area contributed by atoms with E-state index in [1.165, 1.54) is 11.3 Å². The van der Waals surface area contributed by atoms with Gasteiger partial charge in [-0.3, -0.25) is 9.59 Å². The van der Waals surface area contributed by atoms with Gasteiger partial charge in [0.1, 0.15) is 12.4 Å². The fourth-order valence-electron chi connectivity index (χ4n) is 4.46. The predicted octanol–water partition coefficient (Wildman–Crippen LogP) is 5.08. The number of hydrogen-bond donors (Lipinski definition) is 1. The summed E-state index contributed by atoms with van der Waals surface area (Å²) in [5.74, 6) is -0.664. The Morgan fingerprint density at radius 1 is 1.09 bits per heavy atom. The highest BCUT2D eigenvalue weighted by Gasteiger charge is 2.45. The first-order valence-electron chi connectivity index (χ1n) is 11.3. The van der Waals surface area contributed by atoms with Crippen LogP contribution in [0.25, 0.3) is 0 Å². The number of amides is 1. The molecule has 0 saturated carbocycles. The molecule has 5 rings (SSSR count). The quantitative estimate of drug-likeness (QED) is 0.460. The lowest BCUT2D eigenvalue weighted by molar-refractivity contribution is -0.131. The molecule has 1 aromatic heterocycles. The summed E-state index contributed by atoms with van der Waals surface area (Å²) in [5.41, 5.74) is 1.91. The van der Waals surface area contributed by atoms with Crippen LogP contribution in [0.5, 0.6) is 5.75 Å². The maximum atomic E-state index is 13.3. The van der Waals surface area contributed by atoms with Gasteiger partial charge in [0.25, 0.3) is 5.91 Å². The number of ketones is 1. The zero-order valence-electron chi connectivity index (χ0n) is 18.6. The molecule has 1 amide bonds. The third kappa shape index (κ3) is 4.49. The second kappa shape index (κ2) is 9.83. The van der Waals surface area contributed by atoms with E-state index in [1.54, 1.807) is 22.4 Å². The van der Waals surface area contributed by atoms with E-state index in [4.69, 9.17) is 9.47 Å². The van der Waals surface area contributed by atoms with Gasteiger partial charge in [-0.2, -0.15) is 0 Å². The molecule has 3 aromatic rings. The molecule has 2 aliphatic rings. The van der Waals surface area contributed by atoms with Gasteiger partial charge in [-0.25, -0.2) is 0 Å². The number of Topliss-reactive ketones (excluding diaryl/α,β-unsaturated/α-hetero) is 1. The lowest BCUT2D eigenvalue weighted by atomic mass is 9.95. The molecule has 2 aliphatic heterocycles. The molecule has 3 heterocycles. The Kier molecular flexibility index (Phi) is 6.47. The summed E-state index contributed by atoms with van der Waals surface area (Å²) in [4.78, 5) is 28.4. The number of ether oxygens (including phenoxy) is 2. The molecule has 1 N–H and O–H groups in total. The van der Waals surface area contributed by atoms with Gasteiger partial charge >= 0.3 is 0 Å². The molecular formula is C27H25NO5S. The first-order valence-corrected chi connectivity index (χ1v) is 12.2. The fraction of sp³-hybridized carbons (Fsp3) is 0.259. The summed E-state index contributed by atoms with van der Waals surface area (Å²) in [6.07, 6.45) is 1.67. The van der Waals surface area contributed by atoms with Gasteiger partial charge in [-0.05, 0) is 47.5 Å². The van der Waals surface area contributed by atoms with Crippen LogP contribution in [0.15, 0.2) is 83.4 Å². The van der Waals surface area contributed by atoms with Crippen molar-refractivity contribution in [1.29, 1.82) is 0 Å². The molecule has 34 heavy (non-hydrogen) atoms. The Balaban J connectivity index is 1.43. The molecular weight excluding hydrogens is 450 g/mol. The number of aliphatic hydroxyl groups is 1. The van der Waals surface area contributed by atoms with Gasteiger partial charge in [0.15, 0.2) is 5.76 Å². The molecule has 174 valence electrons. The predicted molar refractivity (Wildman–Crippen MR) is 129 cm³/mol. The SMILES string of the molecule is O=C(C1=C(O)C(=O)N(CC2CCCO2)C1c1ccc(OCc2ccccc2)cc1)c1cccs1. The second-order valence-electron chi connectivity index (χ2n) is 8.41. The van der Waals surface area contributed by atoms with Crippen LogP contribution in [-0.4, -0.2) is 41.0 Å². The van der Waals surface area contributed by atoms with Crippen molar-refractivity contribution in [2.24, 2.45) is 0 Å². The highest BCUT2D eigenvalue weighted by Crippen LogP contribution is 2.40. The van der Waals surface area contributed by atoms with Crippen LogP contribution in [0.2, 0.25) is 0 Å². The Morgan fingerprint density at radius 2 is 1.88 bits per heavy atom. The monoisotopic (exact) mass is 475 g/mol. The Labute approximate surface area is 202 Å². The molecule has 6 nitrogen and oxygen atoms in total. The van der Waals surface area contributed by atoms with Gasteiger partial charge in [0, 0.05) is 13.2 Å². The van der Waals surface area contributed by atoms with Gasteiger partial charge < -0.3 is 19.5 Å². The van der Waals surface area contributed by atoms with Crippen molar-refractivity contribution in [3.05, 3.63) is 99.4 Å². The Hall–Kier alpha value is -3.42. The Morgan fingerprint density at radius 3 is 2.56 bits per heavy atom. The molecule has 0 radical (unpaired) electrons. The topological polar surface area (TPSA) is 76.1 Å². The number of rotatable bonds is 8. The summed E-state index contributed by atoms with van der Waals surface area (Å²) in [5, 5.41) is 12.6. The highest BCUT2D eigenvalue weighted by molar-refractivity contribution is 7.12. The molecule has 0 spiro atoms. The lowest BCUT2D eigenvalue weighted by Gasteiger charge is -2.29. The van der Waals surface area contributed by atoms with E-state index in [0.717, 1.165) is 24.0 Å². The van der Waals surface area contributed by atoms with E-state index in [1.807, 2.05) is 54.6 Å². The van der Waals surface area contributed by atoms with Crippen molar-refractivity contribution in [2.45, 2.75) is 31.6 Å². The first kappa shape index (κ1) is 22.4. The van der Waals surface area contributed by atoms with Gasteiger partial charge in [-0.15, -0.1) is 11.3 Å². The molecule has 2 aromatic carbocycles. The number of hydrogen-bond acceptors (Lipinski definition) is 6. The van der Waals surface area contributed by atoms with E-state index in [0.29, 0.717) is 30.4 Å². The van der Waals surface area contributed by atoms with Crippen molar-refractivity contribution >= 4 is 23.0 Å². The summed E-state index contributed by atoms with van der Waals surface area (Å²) >= 11 is 1.29. The third-order valence-electron chi connectivity index (χ3n) is 6.16. The van der Waals surface area contributed by atoms with E-state index in [9.17, 15) is 14.7 Å². The highest BCUT2D eigenvalue weighted by atomic mass is 32.1. The minimum atomic E-state index is -0.686. The molecule has 0 bridgehead atoms. The summed E-state index contributed by atoms with van der Waals surface area (Å²) < 4.78 is 11.6. The van der Waals surface area contributed by atoms with Gasteiger partial charge in [0.2, 0.25) is 5.78 Å². The summed E-state index contributed by atoms with van der Waals surface area (Å²) in [6.45, 7) is 1.42. The molecule has 0 aliphatic carbocycles. The minimum Gasteiger partial charge on any atom is -0.503 e. The average Bonchev–Trinajstić information content (AvgIpc) is 3.63. The van der Waals surface area contributed by atoms with Crippen LogP contribution < -0.4 is 4.74 Å². The van der Waals surface area contributed by atoms with Crippen LogP contribution in [0.4, 0.5) is 0 Å². The van der Waals surface area contributed by atoms with E-state index in [-0.39, 0.29) is 17.5 Å². The van der Waals surface area contributed by atoms with Crippen LogP contribution in [-0.2, 0) is 16.1 Å². The number of nitrogens with zero attached hydrogens (tertiary/aromatic N) is 1. The largest absolute Gasteiger partial charge is 0.503 e. The van der Waals surface area contributed by atoms with E-state index < -0.39 is 17.7 Å².